The van der Waals surface area contributed by atoms with Gasteiger partial charge in [-0.3, -0.25) is 4.79 Å². The van der Waals surface area contributed by atoms with Gasteiger partial charge in [0.2, 0.25) is 5.91 Å². The number of hydrogen-bond acceptors (Lipinski definition) is 5. The van der Waals surface area contributed by atoms with Gasteiger partial charge in [-0.05, 0) is 24.6 Å². The van der Waals surface area contributed by atoms with Crippen molar-refractivity contribution in [2.75, 3.05) is 14.2 Å². The summed E-state index contributed by atoms with van der Waals surface area (Å²) in [6.07, 6.45) is 0.376. The van der Waals surface area contributed by atoms with Crippen molar-refractivity contribution in [1.29, 1.82) is 0 Å². The first kappa shape index (κ1) is 17.9. The van der Waals surface area contributed by atoms with Crippen molar-refractivity contribution in [2.45, 2.75) is 25.5 Å². The Morgan fingerprint density at radius 3 is 2.50 bits per heavy atom. The lowest BCUT2D eigenvalue weighted by molar-refractivity contribution is -0.157. The van der Waals surface area contributed by atoms with Gasteiger partial charge in [-0.15, -0.1) is 0 Å². The Morgan fingerprint density at radius 2 is 1.85 bits per heavy atom. The SMILES string of the molecule is COc1ccc(CC(=O)N2N=C(C)C[C@@]2(O)c2ccccc2)cc1OC. The van der Waals surface area contributed by atoms with Crippen LogP contribution in [0.5, 0.6) is 11.5 Å². The molecule has 6 heteroatoms. The number of benzene rings is 2. The zero-order valence-electron chi connectivity index (χ0n) is 15.1. The van der Waals surface area contributed by atoms with Gasteiger partial charge in [0.15, 0.2) is 17.2 Å². The quantitative estimate of drug-likeness (QED) is 0.896. The maximum atomic E-state index is 12.9. The molecule has 0 fully saturated rings. The zero-order chi connectivity index (χ0) is 18.7. The van der Waals surface area contributed by atoms with Gasteiger partial charge >= 0.3 is 0 Å². The molecule has 1 amide bonds. The summed E-state index contributed by atoms with van der Waals surface area (Å²) >= 11 is 0. The number of hydrazone groups is 1. The standard InChI is InChI=1S/C20H22N2O4/c1-14-13-20(24,16-7-5-4-6-8-16)22(21-14)19(23)12-15-9-10-17(25-2)18(11-15)26-3/h4-11,24H,12-13H2,1-3H3/t20-/m1/s1. The van der Waals surface area contributed by atoms with Crippen molar-refractivity contribution >= 4 is 11.6 Å². The van der Waals surface area contributed by atoms with Gasteiger partial charge in [-0.2, -0.15) is 10.1 Å². The Hall–Kier alpha value is -2.86. The molecule has 26 heavy (non-hydrogen) atoms. The van der Waals surface area contributed by atoms with E-state index in [0.717, 1.165) is 5.56 Å². The van der Waals surface area contributed by atoms with Crippen molar-refractivity contribution in [3.8, 4) is 11.5 Å². The second kappa shape index (κ2) is 7.17. The second-order valence-electron chi connectivity index (χ2n) is 6.27. The topological polar surface area (TPSA) is 71.4 Å². The fourth-order valence-electron chi connectivity index (χ4n) is 3.15. The minimum Gasteiger partial charge on any atom is -0.493 e. The monoisotopic (exact) mass is 354 g/mol. The lowest BCUT2D eigenvalue weighted by atomic mass is 9.97. The Kier molecular flexibility index (Phi) is 4.95. The van der Waals surface area contributed by atoms with E-state index in [9.17, 15) is 9.90 Å². The molecule has 2 aromatic rings. The molecule has 136 valence electrons. The number of hydrogen-bond donors (Lipinski definition) is 1. The molecular formula is C20H22N2O4. The Balaban J connectivity index is 1.86. The molecule has 0 aromatic heterocycles. The Bertz CT molecular complexity index is 835. The summed E-state index contributed by atoms with van der Waals surface area (Å²) in [5.74, 6) is 0.858. The average molecular weight is 354 g/mol. The van der Waals surface area contributed by atoms with Crippen LogP contribution in [0.2, 0.25) is 0 Å². The number of carbonyl (C=O) groups is 1. The first-order chi connectivity index (χ1) is 12.5. The number of ether oxygens (including phenoxy) is 2. The fourth-order valence-corrected chi connectivity index (χ4v) is 3.15. The highest BCUT2D eigenvalue weighted by molar-refractivity contribution is 5.89. The van der Waals surface area contributed by atoms with E-state index in [1.54, 1.807) is 51.5 Å². The molecule has 1 atom stereocenters. The highest BCUT2D eigenvalue weighted by Gasteiger charge is 2.44. The molecule has 0 radical (unpaired) electrons. The van der Waals surface area contributed by atoms with Crippen LogP contribution in [0.25, 0.3) is 0 Å². The van der Waals surface area contributed by atoms with E-state index in [-0.39, 0.29) is 18.7 Å². The third-order valence-electron chi connectivity index (χ3n) is 4.40. The molecule has 1 N–H and O–H groups in total. The maximum Gasteiger partial charge on any atom is 0.250 e. The van der Waals surface area contributed by atoms with Gasteiger partial charge in [0.05, 0.1) is 20.6 Å². The summed E-state index contributed by atoms with van der Waals surface area (Å²) in [6.45, 7) is 1.80. The van der Waals surface area contributed by atoms with Crippen LogP contribution in [0.3, 0.4) is 0 Å². The van der Waals surface area contributed by atoms with Crippen molar-refractivity contribution in [2.24, 2.45) is 5.10 Å². The number of aliphatic hydroxyl groups is 1. The summed E-state index contributed by atoms with van der Waals surface area (Å²) in [4.78, 5) is 12.9. The number of nitrogens with zero attached hydrogens (tertiary/aromatic N) is 2. The van der Waals surface area contributed by atoms with E-state index in [0.29, 0.717) is 22.8 Å². The van der Waals surface area contributed by atoms with E-state index in [2.05, 4.69) is 5.10 Å². The lowest BCUT2D eigenvalue weighted by Crippen LogP contribution is -2.44. The minimum atomic E-state index is -1.46. The Morgan fingerprint density at radius 1 is 1.15 bits per heavy atom. The van der Waals surface area contributed by atoms with E-state index in [1.807, 2.05) is 18.2 Å². The molecule has 1 aliphatic heterocycles. The van der Waals surface area contributed by atoms with Crippen LogP contribution in [0.1, 0.15) is 24.5 Å². The van der Waals surface area contributed by atoms with E-state index < -0.39 is 5.72 Å². The van der Waals surface area contributed by atoms with Crippen molar-refractivity contribution in [3.05, 3.63) is 59.7 Å². The van der Waals surface area contributed by atoms with Crippen LogP contribution in [-0.4, -0.2) is 36.0 Å². The first-order valence-electron chi connectivity index (χ1n) is 8.34. The molecule has 0 aliphatic carbocycles. The van der Waals surface area contributed by atoms with Gasteiger partial charge in [-0.25, -0.2) is 0 Å². The molecule has 0 saturated heterocycles. The molecule has 6 nitrogen and oxygen atoms in total. The maximum absolute atomic E-state index is 12.9. The summed E-state index contributed by atoms with van der Waals surface area (Å²) in [5, 5.41) is 16.6. The van der Waals surface area contributed by atoms with Crippen molar-refractivity contribution in [1.82, 2.24) is 5.01 Å². The molecule has 0 saturated carbocycles. The summed E-state index contributed by atoms with van der Waals surface area (Å²) < 4.78 is 10.5. The van der Waals surface area contributed by atoms with Crippen LogP contribution in [0, 0.1) is 0 Å². The molecule has 0 bridgehead atoms. The van der Waals surface area contributed by atoms with Gasteiger partial charge in [-0.1, -0.05) is 36.4 Å². The number of carbonyl (C=O) groups excluding carboxylic acids is 1. The molecule has 1 heterocycles. The normalized spacial score (nSPS) is 19.2. The van der Waals surface area contributed by atoms with E-state index >= 15 is 0 Å². The smallest absolute Gasteiger partial charge is 0.250 e. The fraction of sp³-hybridized carbons (Fsp3) is 0.300. The molecular weight excluding hydrogens is 332 g/mol. The van der Waals surface area contributed by atoms with Gasteiger partial charge in [0.25, 0.3) is 0 Å². The first-order valence-corrected chi connectivity index (χ1v) is 8.34. The molecule has 0 unspecified atom stereocenters. The lowest BCUT2D eigenvalue weighted by Gasteiger charge is -2.31. The molecule has 2 aromatic carbocycles. The van der Waals surface area contributed by atoms with Crippen LogP contribution in [0.4, 0.5) is 0 Å². The van der Waals surface area contributed by atoms with Gasteiger partial charge < -0.3 is 14.6 Å². The summed E-state index contributed by atoms with van der Waals surface area (Å²) in [6, 6.07) is 14.4. The van der Waals surface area contributed by atoms with E-state index in [4.69, 9.17) is 9.47 Å². The highest BCUT2D eigenvalue weighted by Crippen LogP contribution is 2.36. The molecule has 3 rings (SSSR count). The van der Waals surface area contributed by atoms with Crippen LogP contribution >= 0.6 is 0 Å². The van der Waals surface area contributed by atoms with Crippen molar-refractivity contribution in [3.63, 3.8) is 0 Å². The van der Waals surface area contributed by atoms with Crippen LogP contribution in [0.15, 0.2) is 53.6 Å². The van der Waals surface area contributed by atoms with Crippen molar-refractivity contribution < 1.29 is 19.4 Å². The largest absolute Gasteiger partial charge is 0.493 e. The predicted octanol–water partition coefficient (Wildman–Crippen LogP) is 2.70. The second-order valence-corrected chi connectivity index (χ2v) is 6.27. The Labute approximate surface area is 152 Å². The highest BCUT2D eigenvalue weighted by atomic mass is 16.5. The minimum absolute atomic E-state index is 0.0896. The van der Waals surface area contributed by atoms with E-state index in [1.165, 1.54) is 5.01 Å². The molecule has 0 spiro atoms. The predicted molar refractivity (Wildman–Crippen MR) is 98.2 cm³/mol. The number of amides is 1. The molecule has 1 aliphatic rings. The number of rotatable bonds is 5. The number of methoxy groups -OCH3 is 2. The van der Waals surface area contributed by atoms with Gasteiger partial charge in [0, 0.05) is 17.7 Å². The average Bonchev–Trinajstić information content (AvgIpc) is 2.98. The summed E-state index contributed by atoms with van der Waals surface area (Å²) in [5.41, 5.74) is 0.639. The van der Waals surface area contributed by atoms with Gasteiger partial charge in [0.1, 0.15) is 0 Å². The van der Waals surface area contributed by atoms with Crippen LogP contribution < -0.4 is 9.47 Å². The third-order valence-corrected chi connectivity index (χ3v) is 4.40. The third kappa shape index (κ3) is 3.28. The zero-order valence-corrected chi connectivity index (χ0v) is 15.1. The van der Waals surface area contributed by atoms with Crippen LogP contribution in [-0.2, 0) is 16.9 Å². The summed E-state index contributed by atoms with van der Waals surface area (Å²) in [7, 11) is 3.11.